The Bertz CT molecular complexity index is 379. The number of benzene rings is 1. The van der Waals surface area contributed by atoms with E-state index in [0.29, 0.717) is 11.3 Å². The van der Waals surface area contributed by atoms with Gasteiger partial charge in [0.2, 0.25) is 0 Å². The van der Waals surface area contributed by atoms with E-state index >= 15 is 0 Å². The molecule has 0 saturated heterocycles. The number of amides is 1. The molecule has 0 aliphatic rings. The molecule has 1 amide bonds. The van der Waals surface area contributed by atoms with Gasteiger partial charge >= 0.3 is 0 Å². The number of nitrogens with one attached hydrogen (secondary N) is 1. The largest absolute Gasteiger partial charge is 0.398 e. The van der Waals surface area contributed by atoms with E-state index in [-0.39, 0.29) is 11.9 Å². The zero-order valence-corrected chi connectivity index (χ0v) is 10.7. The second kappa shape index (κ2) is 5.80. The lowest BCUT2D eigenvalue weighted by atomic mass is 10.1. The van der Waals surface area contributed by atoms with Crippen molar-refractivity contribution >= 4 is 23.4 Å². The van der Waals surface area contributed by atoms with Crippen molar-refractivity contribution in [1.82, 2.24) is 5.32 Å². The van der Waals surface area contributed by atoms with Crippen molar-refractivity contribution in [3.63, 3.8) is 0 Å². The SMILES string of the molecule is CSCC(C)NC(=O)c1cccc(C)c1N. The number of nitrogens with two attached hydrogens (primary N) is 1. The highest BCUT2D eigenvalue weighted by Gasteiger charge is 2.12. The zero-order chi connectivity index (χ0) is 12.1. The number of aryl methyl sites for hydroxylation is 1. The second-order valence-corrected chi connectivity index (χ2v) is 4.78. The van der Waals surface area contributed by atoms with Gasteiger partial charge in [0.1, 0.15) is 0 Å². The first-order valence-corrected chi connectivity index (χ1v) is 6.60. The third kappa shape index (κ3) is 3.17. The van der Waals surface area contributed by atoms with E-state index in [4.69, 9.17) is 5.73 Å². The molecular weight excluding hydrogens is 220 g/mol. The molecule has 16 heavy (non-hydrogen) atoms. The molecule has 0 aromatic heterocycles. The van der Waals surface area contributed by atoms with E-state index in [0.717, 1.165) is 11.3 Å². The smallest absolute Gasteiger partial charge is 0.253 e. The fourth-order valence-corrected chi connectivity index (χ4v) is 2.06. The number of carbonyl (C=O) groups excluding carboxylic acids is 1. The first-order valence-electron chi connectivity index (χ1n) is 5.21. The van der Waals surface area contributed by atoms with Crippen molar-refractivity contribution in [2.24, 2.45) is 0 Å². The molecular formula is C12H18N2OS. The number of thioether (sulfide) groups is 1. The van der Waals surface area contributed by atoms with Crippen LogP contribution in [-0.2, 0) is 0 Å². The van der Waals surface area contributed by atoms with Gasteiger partial charge in [-0.3, -0.25) is 4.79 Å². The Morgan fingerprint density at radius 3 is 2.88 bits per heavy atom. The molecule has 0 fully saturated rings. The average molecular weight is 238 g/mol. The summed E-state index contributed by atoms with van der Waals surface area (Å²) in [6.07, 6.45) is 2.02. The molecule has 3 N–H and O–H groups in total. The van der Waals surface area contributed by atoms with Crippen LogP contribution in [0.15, 0.2) is 18.2 Å². The predicted octanol–water partition coefficient (Wildman–Crippen LogP) is 2.06. The molecule has 1 rings (SSSR count). The van der Waals surface area contributed by atoms with Crippen LogP contribution in [0.25, 0.3) is 0 Å². The van der Waals surface area contributed by atoms with Crippen LogP contribution in [-0.4, -0.2) is 24.0 Å². The Morgan fingerprint density at radius 1 is 1.56 bits per heavy atom. The summed E-state index contributed by atoms with van der Waals surface area (Å²) in [4.78, 5) is 11.9. The Hall–Kier alpha value is -1.16. The van der Waals surface area contributed by atoms with Crippen molar-refractivity contribution < 1.29 is 4.79 Å². The maximum atomic E-state index is 11.9. The summed E-state index contributed by atoms with van der Waals surface area (Å²) >= 11 is 1.71. The van der Waals surface area contributed by atoms with Gasteiger partial charge in [-0.05, 0) is 31.7 Å². The zero-order valence-electron chi connectivity index (χ0n) is 9.91. The van der Waals surface area contributed by atoms with Gasteiger partial charge in [0.15, 0.2) is 0 Å². The van der Waals surface area contributed by atoms with Gasteiger partial charge in [0, 0.05) is 17.5 Å². The molecule has 1 atom stereocenters. The van der Waals surface area contributed by atoms with Gasteiger partial charge in [-0.15, -0.1) is 0 Å². The highest BCUT2D eigenvalue weighted by molar-refractivity contribution is 7.98. The number of anilines is 1. The third-order valence-corrected chi connectivity index (χ3v) is 3.20. The molecule has 1 aromatic carbocycles. The Balaban J connectivity index is 2.77. The van der Waals surface area contributed by atoms with Crippen molar-refractivity contribution in [2.45, 2.75) is 19.9 Å². The monoisotopic (exact) mass is 238 g/mol. The summed E-state index contributed by atoms with van der Waals surface area (Å²) < 4.78 is 0. The van der Waals surface area contributed by atoms with E-state index in [1.54, 1.807) is 17.8 Å². The highest BCUT2D eigenvalue weighted by atomic mass is 32.2. The fourth-order valence-electron chi connectivity index (χ4n) is 1.47. The summed E-state index contributed by atoms with van der Waals surface area (Å²) in [6.45, 7) is 3.89. The van der Waals surface area contributed by atoms with Crippen molar-refractivity contribution in [2.75, 3.05) is 17.7 Å². The summed E-state index contributed by atoms with van der Waals surface area (Å²) in [5, 5.41) is 2.93. The Morgan fingerprint density at radius 2 is 2.25 bits per heavy atom. The van der Waals surface area contributed by atoms with Crippen LogP contribution in [0, 0.1) is 6.92 Å². The molecule has 0 aliphatic heterocycles. The van der Waals surface area contributed by atoms with E-state index < -0.39 is 0 Å². The molecule has 4 heteroatoms. The van der Waals surface area contributed by atoms with Gasteiger partial charge in [-0.2, -0.15) is 11.8 Å². The molecule has 3 nitrogen and oxygen atoms in total. The predicted molar refractivity (Wildman–Crippen MR) is 70.9 cm³/mol. The van der Waals surface area contributed by atoms with E-state index in [2.05, 4.69) is 5.32 Å². The molecule has 0 bridgehead atoms. The van der Waals surface area contributed by atoms with Crippen LogP contribution in [0.4, 0.5) is 5.69 Å². The van der Waals surface area contributed by atoms with Gasteiger partial charge in [-0.25, -0.2) is 0 Å². The minimum absolute atomic E-state index is 0.0947. The summed E-state index contributed by atoms with van der Waals surface area (Å²) in [5.41, 5.74) is 7.93. The molecule has 88 valence electrons. The lowest BCUT2D eigenvalue weighted by Crippen LogP contribution is -2.34. The molecule has 0 saturated carbocycles. The van der Waals surface area contributed by atoms with Gasteiger partial charge in [-0.1, -0.05) is 12.1 Å². The second-order valence-electron chi connectivity index (χ2n) is 3.87. The van der Waals surface area contributed by atoms with Crippen LogP contribution in [0.5, 0.6) is 0 Å². The first kappa shape index (κ1) is 12.9. The van der Waals surface area contributed by atoms with Crippen LogP contribution in [0.1, 0.15) is 22.8 Å². The lowest BCUT2D eigenvalue weighted by molar-refractivity contribution is 0.0944. The molecule has 0 heterocycles. The molecule has 1 unspecified atom stereocenters. The molecule has 0 spiro atoms. The maximum Gasteiger partial charge on any atom is 0.253 e. The standard InChI is InChI=1S/C12H18N2OS/c1-8-5-4-6-10(11(8)13)12(15)14-9(2)7-16-3/h4-6,9H,7,13H2,1-3H3,(H,14,15). The summed E-state index contributed by atoms with van der Waals surface area (Å²) in [7, 11) is 0. The minimum atomic E-state index is -0.0947. The fraction of sp³-hybridized carbons (Fsp3) is 0.417. The molecule has 0 radical (unpaired) electrons. The van der Waals surface area contributed by atoms with Gasteiger partial charge < -0.3 is 11.1 Å². The van der Waals surface area contributed by atoms with E-state index in [1.165, 1.54) is 0 Å². The number of hydrogen-bond donors (Lipinski definition) is 2. The summed E-state index contributed by atoms with van der Waals surface area (Å²) in [6, 6.07) is 5.66. The number of nitrogen functional groups attached to an aromatic ring is 1. The maximum absolute atomic E-state index is 11.9. The Labute approximate surface area is 101 Å². The first-order chi connectivity index (χ1) is 7.56. The Kier molecular flexibility index (Phi) is 4.68. The lowest BCUT2D eigenvalue weighted by Gasteiger charge is -2.14. The van der Waals surface area contributed by atoms with Gasteiger partial charge in [0.25, 0.3) is 5.91 Å². The van der Waals surface area contributed by atoms with Crippen LogP contribution in [0.2, 0.25) is 0 Å². The average Bonchev–Trinajstić information content (AvgIpc) is 2.22. The third-order valence-electron chi connectivity index (χ3n) is 2.36. The number of para-hydroxylation sites is 1. The van der Waals surface area contributed by atoms with E-state index in [9.17, 15) is 4.79 Å². The highest BCUT2D eigenvalue weighted by Crippen LogP contribution is 2.16. The van der Waals surface area contributed by atoms with Crippen molar-refractivity contribution in [3.8, 4) is 0 Å². The normalized spacial score (nSPS) is 12.2. The van der Waals surface area contributed by atoms with E-state index in [1.807, 2.05) is 32.2 Å². The van der Waals surface area contributed by atoms with Crippen LogP contribution >= 0.6 is 11.8 Å². The quantitative estimate of drug-likeness (QED) is 0.789. The van der Waals surface area contributed by atoms with Crippen LogP contribution < -0.4 is 11.1 Å². The van der Waals surface area contributed by atoms with Gasteiger partial charge in [0.05, 0.1) is 5.56 Å². The molecule has 1 aromatic rings. The minimum Gasteiger partial charge on any atom is -0.398 e. The number of hydrogen-bond acceptors (Lipinski definition) is 3. The van der Waals surface area contributed by atoms with Crippen molar-refractivity contribution in [3.05, 3.63) is 29.3 Å². The summed E-state index contributed by atoms with van der Waals surface area (Å²) in [5.74, 6) is 0.806. The molecule has 0 aliphatic carbocycles. The number of rotatable bonds is 4. The van der Waals surface area contributed by atoms with Crippen LogP contribution in [0.3, 0.4) is 0 Å². The van der Waals surface area contributed by atoms with Crippen molar-refractivity contribution in [1.29, 1.82) is 0 Å². The topological polar surface area (TPSA) is 55.1 Å². The number of carbonyl (C=O) groups is 1.